The first-order valence-corrected chi connectivity index (χ1v) is 8.21. The third-order valence-electron chi connectivity index (χ3n) is 4.25. The van der Waals surface area contributed by atoms with Gasteiger partial charge in [0.1, 0.15) is 0 Å². The topological polar surface area (TPSA) is 63.6 Å². The Hall–Kier alpha value is -2.32. The molecule has 1 aliphatic heterocycles. The van der Waals surface area contributed by atoms with Gasteiger partial charge in [0.05, 0.1) is 0 Å². The summed E-state index contributed by atoms with van der Waals surface area (Å²) in [5.74, 6) is 1.14. The number of hydrogen-bond donors (Lipinski definition) is 2. The summed E-state index contributed by atoms with van der Waals surface area (Å²) >= 11 is 0. The highest BCUT2D eigenvalue weighted by Gasteiger charge is 2.42. The lowest BCUT2D eigenvalue weighted by Crippen LogP contribution is -2.47. The first kappa shape index (κ1) is 18.5. The van der Waals surface area contributed by atoms with Crippen LogP contribution < -0.4 is 14.8 Å². The van der Waals surface area contributed by atoms with Gasteiger partial charge in [0.2, 0.25) is 6.79 Å². The second-order valence-corrected chi connectivity index (χ2v) is 6.00. The van der Waals surface area contributed by atoms with Crippen LogP contribution in [0.2, 0.25) is 0 Å². The maximum atomic E-state index is 12.7. The summed E-state index contributed by atoms with van der Waals surface area (Å²) in [6.45, 7) is 1.84. The van der Waals surface area contributed by atoms with Crippen LogP contribution in [0.5, 0.6) is 11.5 Å². The molecule has 2 heterocycles. The van der Waals surface area contributed by atoms with Gasteiger partial charge in [-0.1, -0.05) is 6.92 Å². The van der Waals surface area contributed by atoms with Gasteiger partial charge >= 0.3 is 6.18 Å². The molecule has 0 amide bonds. The van der Waals surface area contributed by atoms with Crippen molar-refractivity contribution < 1.29 is 27.8 Å². The monoisotopic (exact) mass is 368 g/mol. The molecule has 0 saturated carbocycles. The molecule has 0 spiro atoms. The van der Waals surface area contributed by atoms with Crippen molar-refractivity contribution in [3.05, 3.63) is 42.2 Å². The predicted octanol–water partition coefficient (Wildman–Crippen LogP) is 3.27. The van der Waals surface area contributed by atoms with Crippen molar-refractivity contribution in [3.8, 4) is 22.6 Å². The Bertz CT molecular complexity index is 753. The molecule has 2 atom stereocenters. The van der Waals surface area contributed by atoms with Crippen molar-refractivity contribution in [2.45, 2.75) is 38.2 Å². The minimum absolute atomic E-state index is 0.0919. The van der Waals surface area contributed by atoms with Gasteiger partial charge in [-0.15, -0.1) is 0 Å². The molecule has 2 unspecified atom stereocenters. The molecule has 3 rings (SSSR count). The molecule has 0 aliphatic carbocycles. The largest absolute Gasteiger partial charge is 0.454 e. The molecule has 0 fully saturated rings. The summed E-state index contributed by atoms with van der Waals surface area (Å²) in [4.78, 5) is 3.98. The van der Waals surface area contributed by atoms with Crippen LogP contribution in [-0.4, -0.2) is 35.2 Å². The van der Waals surface area contributed by atoms with E-state index in [-0.39, 0.29) is 19.8 Å². The van der Waals surface area contributed by atoms with Crippen LogP contribution in [-0.2, 0) is 6.54 Å². The van der Waals surface area contributed by atoms with Crippen molar-refractivity contribution >= 4 is 0 Å². The van der Waals surface area contributed by atoms with Crippen molar-refractivity contribution in [2.24, 2.45) is 0 Å². The number of aromatic nitrogens is 1. The Morgan fingerprint density at radius 1 is 1.23 bits per heavy atom. The van der Waals surface area contributed by atoms with Crippen molar-refractivity contribution in [3.63, 3.8) is 0 Å². The van der Waals surface area contributed by atoms with Crippen LogP contribution in [0.3, 0.4) is 0 Å². The van der Waals surface area contributed by atoms with Gasteiger partial charge in [-0.05, 0) is 41.8 Å². The van der Waals surface area contributed by atoms with Crippen LogP contribution in [0.15, 0.2) is 36.7 Å². The molecule has 0 radical (unpaired) electrons. The lowest BCUT2D eigenvalue weighted by molar-refractivity contribution is -0.212. The quantitative estimate of drug-likeness (QED) is 0.819. The molecule has 140 valence electrons. The van der Waals surface area contributed by atoms with Crippen molar-refractivity contribution in [1.29, 1.82) is 0 Å². The molecule has 8 heteroatoms. The fraction of sp³-hybridized carbons (Fsp3) is 0.389. The third kappa shape index (κ3) is 3.91. The Kier molecular flexibility index (Phi) is 5.33. The third-order valence-corrected chi connectivity index (χ3v) is 4.25. The van der Waals surface area contributed by atoms with Crippen LogP contribution in [0.1, 0.15) is 18.9 Å². The minimum Gasteiger partial charge on any atom is -0.454 e. The van der Waals surface area contributed by atoms with E-state index in [0.29, 0.717) is 11.5 Å². The number of aliphatic hydroxyl groups is 1. The molecule has 1 aromatic carbocycles. The van der Waals surface area contributed by atoms with E-state index in [0.717, 1.165) is 16.7 Å². The number of nitrogens with zero attached hydrogens (tertiary/aromatic N) is 1. The first-order valence-electron chi connectivity index (χ1n) is 8.21. The second kappa shape index (κ2) is 7.51. The summed E-state index contributed by atoms with van der Waals surface area (Å²) in [5, 5.41) is 12.3. The van der Waals surface area contributed by atoms with Gasteiger partial charge < -0.3 is 19.9 Å². The molecule has 1 aromatic heterocycles. The SMILES string of the molecule is CCC(NCc1cc2c(c(-c3ccncc3)c1)OCO2)C(O)C(F)(F)F. The Morgan fingerprint density at radius 2 is 1.96 bits per heavy atom. The van der Waals surface area contributed by atoms with Crippen LogP contribution in [0.25, 0.3) is 11.1 Å². The summed E-state index contributed by atoms with van der Waals surface area (Å²) < 4.78 is 49.2. The number of benzene rings is 1. The Labute approximate surface area is 148 Å². The molecule has 26 heavy (non-hydrogen) atoms. The lowest BCUT2D eigenvalue weighted by Gasteiger charge is -2.25. The summed E-state index contributed by atoms with van der Waals surface area (Å²) in [7, 11) is 0. The standard InChI is InChI=1S/C18H19F3N2O3/c1-2-14(17(24)18(19,20)21)23-9-11-7-13(12-3-5-22-6-4-12)16-15(8-11)25-10-26-16/h3-8,14,17,23-24H,2,9-10H2,1H3. The van der Waals surface area contributed by atoms with Crippen molar-refractivity contribution in [2.75, 3.05) is 6.79 Å². The van der Waals surface area contributed by atoms with E-state index < -0.39 is 18.3 Å². The van der Waals surface area contributed by atoms with Gasteiger partial charge in [-0.3, -0.25) is 4.98 Å². The van der Waals surface area contributed by atoms with E-state index in [1.54, 1.807) is 25.4 Å². The maximum absolute atomic E-state index is 12.7. The number of fused-ring (bicyclic) bond motifs is 1. The maximum Gasteiger partial charge on any atom is 0.415 e. The van der Waals surface area contributed by atoms with Gasteiger partial charge in [-0.25, -0.2) is 0 Å². The fourth-order valence-electron chi connectivity index (χ4n) is 2.87. The first-order chi connectivity index (χ1) is 12.4. The highest BCUT2D eigenvalue weighted by atomic mass is 19.4. The fourth-order valence-corrected chi connectivity index (χ4v) is 2.87. The minimum atomic E-state index is -4.66. The number of aliphatic hydroxyl groups excluding tert-OH is 1. The van der Waals surface area contributed by atoms with Crippen molar-refractivity contribution in [1.82, 2.24) is 10.3 Å². The number of ether oxygens (including phenoxy) is 2. The van der Waals surface area contributed by atoms with E-state index >= 15 is 0 Å². The van der Waals surface area contributed by atoms with Gasteiger partial charge in [0.15, 0.2) is 17.6 Å². The number of alkyl halides is 3. The molecule has 2 aromatic rings. The predicted molar refractivity (Wildman–Crippen MR) is 88.8 cm³/mol. The molecular weight excluding hydrogens is 349 g/mol. The van der Waals surface area contributed by atoms with Gasteiger partial charge in [0, 0.05) is 30.5 Å². The molecule has 2 N–H and O–H groups in total. The lowest BCUT2D eigenvalue weighted by atomic mass is 10.0. The van der Waals surface area contributed by atoms with E-state index in [1.807, 2.05) is 18.2 Å². The van der Waals surface area contributed by atoms with E-state index in [4.69, 9.17) is 9.47 Å². The van der Waals surface area contributed by atoms with E-state index in [9.17, 15) is 18.3 Å². The van der Waals surface area contributed by atoms with Crippen LogP contribution in [0.4, 0.5) is 13.2 Å². The highest BCUT2D eigenvalue weighted by Crippen LogP contribution is 2.42. The number of nitrogens with one attached hydrogen (secondary N) is 1. The van der Waals surface area contributed by atoms with E-state index in [2.05, 4.69) is 10.3 Å². The summed E-state index contributed by atoms with van der Waals surface area (Å²) in [5.41, 5.74) is 2.38. The molecule has 1 aliphatic rings. The zero-order valence-electron chi connectivity index (χ0n) is 14.1. The number of pyridine rings is 1. The molecule has 0 bridgehead atoms. The molecule has 5 nitrogen and oxygen atoms in total. The average molecular weight is 368 g/mol. The smallest absolute Gasteiger partial charge is 0.415 e. The zero-order chi connectivity index (χ0) is 18.7. The summed E-state index contributed by atoms with van der Waals surface area (Å²) in [6, 6.07) is 6.10. The second-order valence-electron chi connectivity index (χ2n) is 6.00. The average Bonchev–Trinajstić information content (AvgIpc) is 3.10. The number of hydrogen-bond acceptors (Lipinski definition) is 5. The molecule has 0 saturated heterocycles. The Morgan fingerprint density at radius 3 is 2.62 bits per heavy atom. The van der Waals surface area contributed by atoms with Gasteiger partial charge in [-0.2, -0.15) is 13.2 Å². The number of rotatable bonds is 6. The number of halogens is 3. The highest BCUT2D eigenvalue weighted by molar-refractivity contribution is 5.75. The normalized spacial score (nSPS) is 15.7. The molecular formula is C18H19F3N2O3. The van der Waals surface area contributed by atoms with E-state index in [1.165, 1.54) is 0 Å². The van der Waals surface area contributed by atoms with Crippen LogP contribution >= 0.6 is 0 Å². The van der Waals surface area contributed by atoms with Crippen LogP contribution in [0, 0.1) is 0 Å². The summed E-state index contributed by atoms with van der Waals surface area (Å²) in [6.07, 6.45) is -3.64. The Balaban J connectivity index is 1.83. The van der Waals surface area contributed by atoms with Gasteiger partial charge in [0.25, 0.3) is 0 Å². The zero-order valence-corrected chi connectivity index (χ0v) is 14.1.